The van der Waals surface area contributed by atoms with Crippen molar-refractivity contribution >= 4 is 75.4 Å². The molecule has 6 unspecified atom stereocenters. The van der Waals surface area contributed by atoms with Crippen LogP contribution >= 0.6 is 23.2 Å². The van der Waals surface area contributed by atoms with Crippen molar-refractivity contribution in [3.8, 4) is 11.5 Å². The van der Waals surface area contributed by atoms with Gasteiger partial charge in [-0.25, -0.2) is 9.88 Å². The Kier molecular flexibility index (Phi) is 10.4. The monoisotopic (exact) mass is 909 g/mol. The molecule has 2 aliphatic carbocycles. The first-order valence-corrected chi connectivity index (χ1v) is 19.7. The van der Waals surface area contributed by atoms with Gasteiger partial charge in [-0.05, 0) is 48.6 Å². The number of hydrogen-bond acceptors (Lipinski definition) is 13. The maximum atomic E-state index is 15.5. The normalized spacial score (nSPS) is 24.1. The predicted molar refractivity (Wildman–Crippen MR) is 218 cm³/mol. The van der Waals surface area contributed by atoms with Gasteiger partial charge in [-0.3, -0.25) is 44.8 Å². The minimum atomic E-state index is -4.83. The van der Waals surface area contributed by atoms with Crippen LogP contribution in [0.1, 0.15) is 35.4 Å². The van der Waals surface area contributed by atoms with Crippen LogP contribution in [-0.2, 0) is 30.8 Å². The number of nitrogens with one attached hydrogen (secondary N) is 1. The zero-order chi connectivity index (χ0) is 45.6. The van der Waals surface area contributed by atoms with Gasteiger partial charge < -0.3 is 14.7 Å². The van der Waals surface area contributed by atoms with Crippen LogP contribution in [0.15, 0.2) is 78.5 Å². The zero-order valence-corrected chi connectivity index (χ0v) is 34.4. The van der Waals surface area contributed by atoms with Crippen LogP contribution in [0.2, 0.25) is 10.0 Å². The number of nitrogens with zero attached hydrogens (tertiary/aromatic N) is 6. The van der Waals surface area contributed by atoms with Gasteiger partial charge in [0, 0.05) is 55.0 Å². The van der Waals surface area contributed by atoms with Gasteiger partial charge in [0.1, 0.15) is 11.5 Å². The molecule has 63 heavy (non-hydrogen) atoms. The number of fused-ring (bicyclic) bond motifs is 4. The number of halogens is 5. The van der Waals surface area contributed by atoms with Crippen LogP contribution in [0.3, 0.4) is 0 Å². The summed E-state index contributed by atoms with van der Waals surface area (Å²) < 4.78 is 46.4. The summed E-state index contributed by atoms with van der Waals surface area (Å²) in [5.74, 6) is -10.2. The van der Waals surface area contributed by atoms with Crippen molar-refractivity contribution in [2.45, 2.75) is 30.4 Å². The second-order valence-electron chi connectivity index (χ2n) is 15.6. The molecule has 6 atom stereocenters. The van der Waals surface area contributed by atoms with E-state index in [1.807, 2.05) is 0 Å². The third-order valence-corrected chi connectivity index (χ3v) is 12.8. The Labute approximate surface area is 363 Å². The van der Waals surface area contributed by atoms with Gasteiger partial charge in [0.2, 0.25) is 11.8 Å². The summed E-state index contributed by atoms with van der Waals surface area (Å²) in [6.07, 6.45) is -3.08. The Bertz CT molecular complexity index is 2680. The van der Waals surface area contributed by atoms with Gasteiger partial charge in [-0.2, -0.15) is 18.2 Å². The van der Waals surface area contributed by atoms with Gasteiger partial charge in [0.25, 0.3) is 11.8 Å². The van der Waals surface area contributed by atoms with Gasteiger partial charge in [0.15, 0.2) is 11.5 Å². The number of nitro groups is 2. The highest BCUT2D eigenvalue weighted by Gasteiger charge is 2.71. The second kappa shape index (κ2) is 15.2. The molecule has 3 heterocycles. The van der Waals surface area contributed by atoms with Crippen LogP contribution in [0, 0.1) is 43.9 Å². The highest BCUT2D eigenvalue weighted by Crippen LogP contribution is 2.65. The molecule has 17 nitrogen and oxygen atoms in total. The molecule has 326 valence electrons. The SMILES string of the molecule is COc1cc(O)ccc1C1C2=CCC3C(=O)N(c4cc([N+](=O)[O-])c(N(C)C)c([N+](=O)[O-])c4)C(=O)C3C2CC2C(=O)N(Nc3ncc(C(F)(F)F)cc3Cl)C(=O)C21c1ccc(Cl)cc1. The smallest absolute Gasteiger partial charge is 0.417 e. The third kappa shape index (κ3) is 6.57. The van der Waals surface area contributed by atoms with E-state index in [0.717, 1.165) is 17.0 Å². The first-order valence-electron chi connectivity index (χ1n) is 18.9. The number of nitro benzene ring substituents is 2. The maximum absolute atomic E-state index is 15.5. The molecule has 3 fully saturated rings. The van der Waals surface area contributed by atoms with E-state index in [2.05, 4.69) is 10.4 Å². The molecule has 2 aliphatic heterocycles. The number of carbonyl (C=O) groups excluding carboxylic acids is 4. The number of imide groups is 2. The van der Waals surface area contributed by atoms with E-state index in [-0.39, 0.29) is 46.2 Å². The van der Waals surface area contributed by atoms with Crippen molar-refractivity contribution in [1.29, 1.82) is 0 Å². The van der Waals surface area contributed by atoms with Crippen molar-refractivity contribution < 1.29 is 52.0 Å². The lowest BCUT2D eigenvalue weighted by molar-refractivity contribution is -0.392. The number of phenols is 1. The van der Waals surface area contributed by atoms with Gasteiger partial charge in [-0.15, -0.1) is 0 Å². The molecule has 2 N–H and O–H groups in total. The fraction of sp³-hybridized carbons (Fsp3) is 0.293. The highest BCUT2D eigenvalue weighted by atomic mass is 35.5. The lowest BCUT2D eigenvalue weighted by Gasteiger charge is -2.50. The number of benzene rings is 3. The summed E-state index contributed by atoms with van der Waals surface area (Å²) in [5, 5.41) is 35.4. The molecule has 22 heteroatoms. The number of methoxy groups -OCH3 is 1. The molecule has 0 radical (unpaired) electrons. The van der Waals surface area contributed by atoms with Gasteiger partial charge in [0.05, 0.1) is 56.4 Å². The average molecular weight is 911 g/mol. The number of hydrazine groups is 1. The number of carbonyl (C=O) groups is 4. The lowest BCUT2D eigenvalue weighted by Crippen LogP contribution is -2.53. The summed E-state index contributed by atoms with van der Waals surface area (Å²) in [6, 6.07) is 12.5. The number of alkyl halides is 3. The molecule has 4 amide bonds. The number of phenolic OH excluding ortho intramolecular Hbond substituents is 1. The number of rotatable bonds is 9. The van der Waals surface area contributed by atoms with Crippen molar-refractivity contribution in [1.82, 2.24) is 9.99 Å². The third-order valence-electron chi connectivity index (χ3n) is 12.2. The molecule has 2 saturated heterocycles. The molecular weight excluding hydrogens is 878 g/mol. The number of aromatic nitrogens is 1. The summed E-state index contributed by atoms with van der Waals surface area (Å²) in [7, 11) is 4.02. The number of ether oxygens (including phenoxy) is 1. The van der Waals surface area contributed by atoms with E-state index < -0.39 is 108 Å². The Morgan fingerprint density at radius 3 is 2.16 bits per heavy atom. The zero-order valence-electron chi connectivity index (χ0n) is 32.9. The van der Waals surface area contributed by atoms with Crippen LogP contribution in [0.4, 0.5) is 41.7 Å². The largest absolute Gasteiger partial charge is 0.508 e. The quantitative estimate of drug-likeness (QED) is 0.0736. The Morgan fingerprint density at radius 1 is 0.937 bits per heavy atom. The summed E-state index contributed by atoms with van der Waals surface area (Å²) >= 11 is 12.6. The first kappa shape index (κ1) is 42.9. The Balaban J connectivity index is 1.32. The van der Waals surface area contributed by atoms with E-state index in [9.17, 15) is 52.9 Å². The number of hydrogen-bond donors (Lipinski definition) is 2. The molecule has 8 rings (SSSR count). The maximum Gasteiger partial charge on any atom is 0.417 e. The molecule has 3 aromatic carbocycles. The first-order chi connectivity index (χ1) is 29.7. The van der Waals surface area contributed by atoms with Crippen LogP contribution < -0.4 is 20.0 Å². The fourth-order valence-electron chi connectivity index (χ4n) is 9.78. The van der Waals surface area contributed by atoms with Crippen LogP contribution in [0.25, 0.3) is 0 Å². The lowest BCUT2D eigenvalue weighted by atomic mass is 9.49. The molecule has 4 aliphatic rings. The number of amides is 4. The summed E-state index contributed by atoms with van der Waals surface area (Å²) in [5.41, 5.74) is -1.96. The van der Waals surface area contributed by atoms with E-state index in [1.165, 1.54) is 63.7 Å². The molecule has 4 aromatic rings. The van der Waals surface area contributed by atoms with Crippen molar-refractivity contribution in [3.05, 3.63) is 125 Å². The topological polar surface area (TPSA) is 219 Å². The molecule has 1 saturated carbocycles. The summed E-state index contributed by atoms with van der Waals surface area (Å²) in [6.45, 7) is 0. The average Bonchev–Trinajstić information content (AvgIpc) is 3.61. The van der Waals surface area contributed by atoms with Crippen LogP contribution in [0.5, 0.6) is 11.5 Å². The highest BCUT2D eigenvalue weighted by molar-refractivity contribution is 6.33. The van der Waals surface area contributed by atoms with Crippen molar-refractivity contribution in [3.63, 3.8) is 0 Å². The van der Waals surface area contributed by atoms with E-state index in [0.29, 0.717) is 27.7 Å². The standard InChI is InChI=1S/C41H32Cl2F3N7O10/c1-49(2)34-29(52(59)60)13-21(14-30(34)53(61)62)50-36(55)25-11-10-23-26(32(25)38(50)57)16-27-37(56)51(48-35-28(43)12-19(17-47-35)41(44,45)46)39(58)40(27,18-4-6-20(42)7-5-18)33(23)24-9-8-22(54)15-31(24)63-3/h4-10,12-15,17,25-27,32-33,54H,11,16H2,1-3H3,(H,47,48). The Hall–Kier alpha value is -6.80. The number of aromatic hydroxyl groups is 1. The molecule has 1 aromatic heterocycles. The number of allylic oxidation sites excluding steroid dienone is 2. The van der Waals surface area contributed by atoms with E-state index >= 15 is 4.79 Å². The minimum Gasteiger partial charge on any atom is -0.508 e. The molecule has 0 bridgehead atoms. The number of anilines is 3. The molecular formula is C41H32Cl2F3N7O10. The van der Waals surface area contributed by atoms with Crippen LogP contribution in [-0.4, -0.2) is 69.8 Å². The van der Waals surface area contributed by atoms with Gasteiger partial charge in [-0.1, -0.05) is 53.1 Å². The van der Waals surface area contributed by atoms with Gasteiger partial charge >= 0.3 is 17.6 Å². The van der Waals surface area contributed by atoms with E-state index in [4.69, 9.17) is 27.9 Å². The fourth-order valence-corrected chi connectivity index (χ4v) is 10.1. The molecule has 0 spiro atoms. The Morgan fingerprint density at radius 2 is 1.59 bits per heavy atom. The summed E-state index contributed by atoms with van der Waals surface area (Å²) in [4.78, 5) is 88.0. The van der Waals surface area contributed by atoms with Crippen molar-refractivity contribution in [2.24, 2.45) is 23.7 Å². The van der Waals surface area contributed by atoms with Crippen molar-refractivity contribution in [2.75, 3.05) is 36.4 Å². The van der Waals surface area contributed by atoms with E-state index in [1.54, 1.807) is 6.08 Å². The second-order valence-corrected chi connectivity index (χ2v) is 16.4. The predicted octanol–water partition coefficient (Wildman–Crippen LogP) is 7.19. The number of pyridine rings is 1. The minimum absolute atomic E-state index is 0.0610.